The maximum Gasteiger partial charge on any atom is 0.0918 e. The molecule has 0 saturated heterocycles. The van der Waals surface area contributed by atoms with Crippen molar-refractivity contribution in [2.75, 3.05) is 20.1 Å². The van der Waals surface area contributed by atoms with Crippen LogP contribution in [0.3, 0.4) is 0 Å². The van der Waals surface area contributed by atoms with Crippen LogP contribution in [0.25, 0.3) is 10.9 Å². The summed E-state index contributed by atoms with van der Waals surface area (Å²) in [6.07, 6.45) is 0. The molecule has 0 aliphatic carbocycles. The van der Waals surface area contributed by atoms with Gasteiger partial charge in [-0.2, -0.15) is 0 Å². The topological polar surface area (TPSA) is 43.1 Å². The molecule has 0 fully saturated rings. The van der Waals surface area contributed by atoms with Crippen molar-refractivity contribution in [2.45, 2.75) is 26.4 Å². The molecule has 0 radical (unpaired) electrons. The number of rotatable bonds is 8. The van der Waals surface area contributed by atoms with Crippen LogP contribution in [0, 0.1) is 0 Å². The Morgan fingerprint density at radius 2 is 2.18 bits per heavy atom. The number of aromatic nitrogens is 1. The molecule has 120 valence electrons. The zero-order valence-corrected chi connectivity index (χ0v) is 14.3. The smallest absolute Gasteiger partial charge is 0.0918 e. The van der Waals surface area contributed by atoms with Crippen LogP contribution in [0.5, 0.6) is 0 Å². The summed E-state index contributed by atoms with van der Waals surface area (Å²) in [5.41, 5.74) is 2.20. The predicted molar refractivity (Wildman–Crippen MR) is 95.1 cm³/mol. The highest BCUT2D eigenvalue weighted by Gasteiger charge is 2.06. The molecule has 0 amide bonds. The Labute approximate surface area is 137 Å². The Balaban J connectivity index is 1.84. The van der Waals surface area contributed by atoms with Gasteiger partial charge in [-0.15, -0.1) is 0 Å². The maximum atomic E-state index is 6.01. The molecule has 1 unspecified atom stereocenters. The lowest BCUT2D eigenvalue weighted by Crippen LogP contribution is -2.39. The SMILES string of the molecule is C=C(NCc1cc2cc(Cl)ccc2[nH]1)NC(C)CN(C)CC. The van der Waals surface area contributed by atoms with Crippen LogP contribution in [0.15, 0.2) is 36.7 Å². The quantitative estimate of drug-likeness (QED) is 0.699. The third-order valence-electron chi connectivity index (χ3n) is 3.68. The van der Waals surface area contributed by atoms with Crippen LogP contribution >= 0.6 is 11.6 Å². The first kappa shape index (κ1) is 16.7. The summed E-state index contributed by atoms with van der Waals surface area (Å²) in [4.78, 5) is 5.64. The second-order valence-electron chi connectivity index (χ2n) is 5.76. The van der Waals surface area contributed by atoms with Crippen LogP contribution in [0.1, 0.15) is 19.5 Å². The molecular weight excluding hydrogens is 296 g/mol. The van der Waals surface area contributed by atoms with Gasteiger partial charge in [-0.1, -0.05) is 25.1 Å². The van der Waals surface area contributed by atoms with E-state index in [9.17, 15) is 0 Å². The van der Waals surface area contributed by atoms with Crippen LogP contribution in [0.4, 0.5) is 0 Å². The third kappa shape index (κ3) is 4.68. The number of nitrogens with one attached hydrogen (secondary N) is 3. The summed E-state index contributed by atoms with van der Waals surface area (Å²) in [7, 11) is 2.12. The Bertz CT molecular complexity index is 635. The van der Waals surface area contributed by atoms with E-state index in [1.54, 1.807) is 0 Å². The lowest BCUT2D eigenvalue weighted by molar-refractivity contribution is 0.316. The average Bonchev–Trinajstić information content (AvgIpc) is 2.86. The van der Waals surface area contributed by atoms with Crippen molar-refractivity contribution in [1.29, 1.82) is 0 Å². The molecule has 4 nitrogen and oxygen atoms in total. The molecule has 1 aromatic carbocycles. The molecule has 2 aromatic rings. The second kappa shape index (κ2) is 7.56. The summed E-state index contributed by atoms with van der Waals surface area (Å²) >= 11 is 6.01. The number of hydrogen-bond donors (Lipinski definition) is 3. The second-order valence-corrected chi connectivity index (χ2v) is 6.19. The van der Waals surface area contributed by atoms with Crippen LogP contribution in [-0.2, 0) is 6.54 Å². The van der Waals surface area contributed by atoms with E-state index < -0.39 is 0 Å². The number of hydrogen-bond acceptors (Lipinski definition) is 3. The fourth-order valence-corrected chi connectivity index (χ4v) is 2.63. The minimum absolute atomic E-state index is 0.353. The van der Waals surface area contributed by atoms with Gasteiger partial charge in [0.2, 0.25) is 0 Å². The highest BCUT2D eigenvalue weighted by molar-refractivity contribution is 6.31. The van der Waals surface area contributed by atoms with Crippen molar-refractivity contribution in [2.24, 2.45) is 0 Å². The van der Waals surface area contributed by atoms with Crippen molar-refractivity contribution in [1.82, 2.24) is 20.5 Å². The van der Waals surface area contributed by atoms with Crippen LogP contribution in [-0.4, -0.2) is 36.1 Å². The largest absolute Gasteiger partial charge is 0.369 e. The molecule has 1 aromatic heterocycles. The van der Waals surface area contributed by atoms with Gasteiger partial charge >= 0.3 is 0 Å². The fraction of sp³-hybridized carbons (Fsp3) is 0.412. The number of fused-ring (bicyclic) bond motifs is 1. The molecule has 3 N–H and O–H groups in total. The van der Waals surface area contributed by atoms with E-state index in [4.69, 9.17) is 11.6 Å². The van der Waals surface area contributed by atoms with Gasteiger partial charge < -0.3 is 20.5 Å². The molecule has 5 heteroatoms. The van der Waals surface area contributed by atoms with E-state index in [1.165, 1.54) is 0 Å². The molecule has 0 aliphatic rings. The number of nitrogens with zero attached hydrogens (tertiary/aromatic N) is 1. The van der Waals surface area contributed by atoms with E-state index >= 15 is 0 Å². The minimum atomic E-state index is 0.353. The van der Waals surface area contributed by atoms with E-state index in [2.05, 4.69) is 54.1 Å². The van der Waals surface area contributed by atoms with Crippen LogP contribution < -0.4 is 10.6 Å². The summed E-state index contributed by atoms with van der Waals surface area (Å²) in [6.45, 7) is 11.1. The van der Waals surface area contributed by atoms with Gasteiger partial charge in [-0.25, -0.2) is 0 Å². The van der Waals surface area contributed by atoms with Crippen molar-refractivity contribution in [3.63, 3.8) is 0 Å². The zero-order chi connectivity index (χ0) is 16.1. The lowest BCUT2D eigenvalue weighted by Gasteiger charge is -2.23. The highest BCUT2D eigenvalue weighted by atomic mass is 35.5. The summed E-state index contributed by atoms with van der Waals surface area (Å²) < 4.78 is 0. The summed E-state index contributed by atoms with van der Waals surface area (Å²) in [5, 5.41) is 8.57. The monoisotopic (exact) mass is 320 g/mol. The molecule has 0 saturated carbocycles. The number of likely N-dealkylation sites (N-methyl/N-ethyl adjacent to an activating group) is 1. The Morgan fingerprint density at radius 3 is 2.91 bits per heavy atom. The predicted octanol–water partition coefficient (Wildman–Crippen LogP) is 3.31. The molecule has 2 rings (SSSR count). The van der Waals surface area contributed by atoms with Crippen molar-refractivity contribution in [3.05, 3.63) is 47.4 Å². The minimum Gasteiger partial charge on any atom is -0.369 e. The van der Waals surface area contributed by atoms with Gasteiger partial charge in [-0.05, 0) is 44.8 Å². The first-order valence-corrected chi connectivity index (χ1v) is 8.00. The van der Waals surface area contributed by atoms with Gasteiger partial charge in [0.15, 0.2) is 0 Å². The average molecular weight is 321 g/mol. The number of benzene rings is 1. The third-order valence-corrected chi connectivity index (χ3v) is 3.91. The number of halogens is 1. The number of aromatic amines is 1. The highest BCUT2D eigenvalue weighted by Crippen LogP contribution is 2.20. The van der Waals surface area contributed by atoms with E-state index in [1.807, 2.05) is 18.2 Å². The molecular formula is C17H25ClN4. The van der Waals surface area contributed by atoms with Crippen molar-refractivity contribution < 1.29 is 0 Å². The zero-order valence-electron chi connectivity index (χ0n) is 13.5. The maximum absolute atomic E-state index is 6.01. The molecule has 22 heavy (non-hydrogen) atoms. The van der Waals surface area contributed by atoms with Gasteiger partial charge in [0.05, 0.1) is 12.4 Å². The Morgan fingerprint density at radius 1 is 1.41 bits per heavy atom. The Kier molecular flexibility index (Phi) is 5.75. The van der Waals surface area contributed by atoms with E-state index in [0.717, 1.165) is 40.5 Å². The van der Waals surface area contributed by atoms with E-state index in [-0.39, 0.29) is 0 Å². The van der Waals surface area contributed by atoms with Gasteiger partial charge in [0.1, 0.15) is 0 Å². The van der Waals surface area contributed by atoms with Gasteiger partial charge in [-0.3, -0.25) is 0 Å². The van der Waals surface area contributed by atoms with E-state index in [0.29, 0.717) is 12.6 Å². The van der Waals surface area contributed by atoms with Crippen molar-refractivity contribution in [3.8, 4) is 0 Å². The molecule has 0 bridgehead atoms. The molecule has 0 spiro atoms. The molecule has 0 aliphatic heterocycles. The van der Waals surface area contributed by atoms with Crippen molar-refractivity contribution >= 4 is 22.5 Å². The fourth-order valence-electron chi connectivity index (χ4n) is 2.45. The summed E-state index contributed by atoms with van der Waals surface area (Å²) in [5.74, 6) is 0.841. The normalized spacial score (nSPS) is 12.6. The van der Waals surface area contributed by atoms with Crippen LogP contribution in [0.2, 0.25) is 5.02 Å². The molecule has 1 atom stereocenters. The first-order chi connectivity index (χ1) is 10.5. The van der Waals surface area contributed by atoms with Gasteiger partial charge in [0, 0.05) is 34.2 Å². The first-order valence-electron chi connectivity index (χ1n) is 7.63. The van der Waals surface area contributed by atoms with Gasteiger partial charge in [0.25, 0.3) is 0 Å². The standard InChI is InChI=1S/C17H25ClN4/c1-5-22(4)11-12(2)20-13(3)19-10-16-9-14-8-15(18)6-7-17(14)21-16/h6-9,12,19-21H,3,5,10-11H2,1-2,4H3. The summed E-state index contributed by atoms with van der Waals surface area (Å²) in [6, 6.07) is 8.31. The Hall–Kier alpha value is -1.65. The number of H-pyrrole nitrogens is 1. The molecule has 1 heterocycles. The lowest BCUT2D eigenvalue weighted by atomic mass is 10.2.